The fourth-order valence-corrected chi connectivity index (χ4v) is 4.67. The Morgan fingerprint density at radius 1 is 1.27 bits per heavy atom. The van der Waals surface area contributed by atoms with Crippen molar-refractivity contribution in [3.8, 4) is 0 Å². The Bertz CT molecular complexity index is 999. The van der Waals surface area contributed by atoms with Gasteiger partial charge in [0.1, 0.15) is 11.6 Å². The number of ether oxygens (including phenoxy) is 1. The van der Waals surface area contributed by atoms with Crippen LogP contribution < -0.4 is 4.90 Å². The summed E-state index contributed by atoms with van der Waals surface area (Å²) in [5, 5.41) is 0.430. The molecule has 3 nitrogen and oxygen atoms in total. The minimum Gasteiger partial charge on any atom is -0.380 e. The van der Waals surface area contributed by atoms with Crippen molar-refractivity contribution in [3.05, 3.63) is 64.0 Å². The molecule has 0 saturated carbocycles. The second-order valence-electron chi connectivity index (χ2n) is 6.29. The van der Waals surface area contributed by atoms with E-state index in [2.05, 4.69) is 0 Å². The molecule has 0 spiro atoms. The van der Waals surface area contributed by atoms with E-state index >= 15 is 0 Å². The topological polar surface area (TPSA) is 29.5 Å². The first-order valence-corrected chi connectivity index (χ1v) is 9.21. The van der Waals surface area contributed by atoms with E-state index in [0.29, 0.717) is 32.8 Å². The summed E-state index contributed by atoms with van der Waals surface area (Å²) in [5.74, 6) is -0.970. The highest BCUT2D eigenvalue weighted by molar-refractivity contribution is 7.21. The van der Waals surface area contributed by atoms with Gasteiger partial charge in [-0.05, 0) is 42.7 Å². The van der Waals surface area contributed by atoms with Gasteiger partial charge in [-0.2, -0.15) is 0 Å². The minimum atomic E-state index is -0.372. The molecule has 1 aromatic heterocycles. The van der Waals surface area contributed by atoms with E-state index < -0.39 is 0 Å². The standard InChI is InChI=1S/C20H17F2NO2S/c1-25-11-14-18-15(22)5-2-6-17(18)26-19(14)20(24)23-9-3-4-12-7-8-13(21)10-16(12)23/h2,5-8,10H,3-4,9,11H2,1H3. The van der Waals surface area contributed by atoms with E-state index in [-0.39, 0.29) is 24.1 Å². The summed E-state index contributed by atoms with van der Waals surface area (Å²) in [5.41, 5.74) is 2.10. The molecule has 2 heterocycles. The number of fused-ring (bicyclic) bond motifs is 2. The van der Waals surface area contributed by atoms with Crippen LogP contribution in [0.5, 0.6) is 0 Å². The van der Waals surface area contributed by atoms with E-state index in [1.54, 1.807) is 23.1 Å². The molecule has 1 aliphatic rings. The predicted molar refractivity (Wildman–Crippen MR) is 98.9 cm³/mol. The Morgan fingerprint density at radius 3 is 2.92 bits per heavy atom. The van der Waals surface area contributed by atoms with Crippen LogP contribution in [0.3, 0.4) is 0 Å². The maximum Gasteiger partial charge on any atom is 0.268 e. The van der Waals surface area contributed by atoms with Gasteiger partial charge in [0.2, 0.25) is 0 Å². The van der Waals surface area contributed by atoms with Gasteiger partial charge in [-0.25, -0.2) is 8.78 Å². The lowest BCUT2D eigenvalue weighted by atomic mass is 10.0. The molecular weight excluding hydrogens is 356 g/mol. The molecule has 26 heavy (non-hydrogen) atoms. The van der Waals surface area contributed by atoms with Gasteiger partial charge in [-0.15, -0.1) is 11.3 Å². The van der Waals surface area contributed by atoms with Gasteiger partial charge >= 0.3 is 0 Å². The van der Waals surface area contributed by atoms with Crippen molar-refractivity contribution in [2.45, 2.75) is 19.4 Å². The van der Waals surface area contributed by atoms with Crippen molar-refractivity contribution in [3.63, 3.8) is 0 Å². The Hall–Kier alpha value is -2.31. The molecule has 0 atom stereocenters. The molecule has 2 aromatic carbocycles. The SMILES string of the molecule is COCc1c(C(=O)N2CCCc3ccc(F)cc32)sc2cccc(F)c12. The summed E-state index contributed by atoms with van der Waals surface area (Å²) < 4.78 is 34.0. The van der Waals surface area contributed by atoms with Crippen LogP contribution in [-0.4, -0.2) is 19.6 Å². The molecule has 1 aliphatic heterocycles. The number of aryl methyl sites for hydroxylation is 1. The van der Waals surface area contributed by atoms with Gasteiger partial charge in [-0.3, -0.25) is 4.79 Å². The molecule has 1 amide bonds. The fraction of sp³-hybridized carbons (Fsp3) is 0.250. The third-order valence-corrected chi connectivity index (χ3v) is 5.84. The number of thiophene rings is 1. The molecule has 0 bridgehead atoms. The highest BCUT2D eigenvalue weighted by atomic mass is 32.1. The fourth-order valence-electron chi connectivity index (χ4n) is 3.50. The number of hydrogen-bond acceptors (Lipinski definition) is 3. The number of benzene rings is 2. The first kappa shape index (κ1) is 17.1. The third-order valence-electron chi connectivity index (χ3n) is 4.66. The van der Waals surface area contributed by atoms with Crippen LogP contribution in [0.2, 0.25) is 0 Å². The summed E-state index contributed by atoms with van der Waals surface area (Å²) in [4.78, 5) is 15.3. The van der Waals surface area contributed by atoms with E-state index in [1.165, 1.54) is 36.6 Å². The van der Waals surface area contributed by atoms with Gasteiger partial charge in [-0.1, -0.05) is 12.1 Å². The molecule has 0 radical (unpaired) electrons. The number of anilines is 1. The first-order chi connectivity index (χ1) is 12.6. The lowest BCUT2D eigenvalue weighted by Gasteiger charge is -2.29. The minimum absolute atomic E-state index is 0.145. The molecule has 4 rings (SSSR count). The smallest absolute Gasteiger partial charge is 0.268 e. The average molecular weight is 373 g/mol. The highest BCUT2D eigenvalue weighted by Gasteiger charge is 2.28. The zero-order valence-electron chi connectivity index (χ0n) is 14.2. The number of halogens is 2. The number of carbonyl (C=O) groups excluding carboxylic acids is 1. The molecule has 0 fully saturated rings. The van der Waals surface area contributed by atoms with Crippen LogP contribution >= 0.6 is 11.3 Å². The summed E-state index contributed by atoms with van der Waals surface area (Å²) in [6, 6.07) is 9.35. The summed E-state index contributed by atoms with van der Waals surface area (Å²) in [6.45, 7) is 0.657. The molecule has 0 N–H and O–H groups in total. The molecule has 3 aromatic rings. The quantitative estimate of drug-likeness (QED) is 0.652. The molecule has 0 unspecified atom stereocenters. The van der Waals surface area contributed by atoms with Crippen molar-refractivity contribution in [2.24, 2.45) is 0 Å². The third kappa shape index (κ3) is 2.79. The van der Waals surface area contributed by atoms with Crippen LogP contribution in [0.25, 0.3) is 10.1 Å². The maximum atomic E-state index is 14.4. The van der Waals surface area contributed by atoms with Crippen LogP contribution in [0, 0.1) is 11.6 Å². The zero-order chi connectivity index (χ0) is 18.3. The molecular formula is C20H17F2NO2S. The molecule has 6 heteroatoms. The van der Waals surface area contributed by atoms with Crippen molar-refractivity contribution in [2.75, 3.05) is 18.6 Å². The predicted octanol–water partition coefficient (Wildman–Crippen LogP) is 4.92. The largest absolute Gasteiger partial charge is 0.380 e. The lowest BCUT2D eigenvalue weighted by molar-refractivity contribution is 0.0985. The summed E-state index contributed by atoms with van der Waals surface area (Å²) >= 11 is 1.25. The summed E-state index contributed by atoms with van der Waals surface area (Å²) in [7, 11) is 1.52. The Morgan fingerprint density at radius 2 is 2.12 bits per heavy atom. The van der Waals surface area contributed by atoms with Crippen molar-refractivity contribution in [1.82, 2.24) is 0 Å². The van der Waals surface area contributed by atoms with Crippen LogP contribution in [0.4, 0.5) is 14.5 Å². The Balaban J connectivity index is 1.84. The van der Waals surface area contributed by atoms with E-state index in [9.17, 15) is 13.6 Å². The second kappa shape index (κ2) is 6.78. The van der Waals surface area contributed by atoms with Crippen LogP contribution in [0.1, 0.15) is 27.2 Å². The van der Waals surface area contributed by atoms with E-state index in [1.807, 2.05) is 0 Å². The number of rotatable bonds is 3. The number of amides is 1. The van der Waals surface area contributed by atoms with E-state index in [0.717, 1.165) is 18.4 Å². The van der Waals surface area contributed by atoms with Crippen molar-refractivity contribution >= 4 is 33.0 Å². The number of carbonyl (C=O) groups is 1. The maximum absolute atomic E-state index is 14.4. The average Bonchev–Trinajstić information content (AvgIpc) is 3.01. The zero-order valence-corrected chi connectivity index (χ0v) is 15.0. The van der Waals surface area contributed by atoms with E-state index in [4.69, 9.17) is 4.74 Å². The first-order valence-electron chi connectivity index (χ1n) is 8.39. The van der Waals surface area contributed by atoms with Gasteiger partial charge in [0.05, 0.1) is 17.2 Å². The molecule has 0 saturated heterocycles. The summed E-state index contributed by atoms with van der Waals surface area (Å²) in [6.07, 6.45) is 1.62. The normalized spacial score (nSPS) is 13.9. The number of methoxy groups -OCH3 is 1. The van der Waals surface area contributed by atoms with Gasteiger partial charge < -0.3 is 9.64 Å². The highest BCUT2D eigenvalue weighted by Crippen LogP contribution is 2.37. The number of hydrogen-bond donors (Lipinski definition) is 0. The van der Waals surface area contributed by atoms with Crippen molar-refractivity contribution < 1.29 is 18.3 Å². The van der Waals surface area contributed by atoms with Gasteiger partial charge in [0.25, 0.3) is 5.91 Å². The second-order valence-corrected chi connectivity index (χ2v) is 7.34. The lowest BCUT2D eigenvalue weighted by Crippen LogP contribution is -2.35. The Kier molecular flexibility index (Phi) is 4.46. The molecule has 134 valence electrons. The Labute approximate surface area is 153 Å². The van der Waals surface area contributed by atoms with Crippen molar-refractivity contribution in [1.29, 1.82) is 0 Å². The molecule has 0 aliphatic carbocycles. The van der Waals surface area contributed by atoms with Crippen LogP contribution in [0.15, 0.2) is 36.4 Å². The van der Waals surface area contributed by atoms with Gasteiger partial charge in [0, 0.05) is 29.3 Å². The monoisotopic (exact) mass is 373 g/mol. The van der Waals surface area contributed by atoms with Crippen LogP contribution in [-0.2, 0) is 17.8 Å². The number of nitrogens with zero attached hydrogens (tertiary/aromatic N) is 1. The van der Waals surface area contributed by atoms with Gasteiger partial charge in [0.15, 0.2) is 0 Å².